The molecular formula is C20H27IN6S. The van der Waals surface area contributed by atoms with E-state index in [-0.39, 0.29) is 24.0 Å². The van der Waals surface area contributed by atoms with Crippen LogP contribution in [-0.4, -0.2) is 33.8 Å². The van der Waals surface area contributed by atoms with Gasteiger partial charge in [0, 0.05) is 42.3 Å². The summed E-state index contributed by atoms with van der Waals surface area (Å²) in [6.45, 7) is 7.16. The lowest BCUT2D eigenvalue weighted by molar-refractivity contribution is 0.686. The first-order chi connectivity index (χ1) is 13.2. The van der Waals surface area contributed by atoms with Crippen LogP contribution >= 0.6 is 35.3 Å². The summed E-state index contributed by atoms with van der Waals surface area (Å²) in [6.07, 6.45) is 6.76. The van der Waals surface area contributed by atoms with E-state index in [9.17, 15) is 0 Å². The zero-order chi connectivity index (χ0) is 18.9. The van der Waals surface area contributed by atoms with Crippen LogP contribution in [0.15, 0.2) is 53.9 Å². The molecule has 0 fully saturated rings. The molecule has 0 saturated carbocycles. The summed E-state index contributed by atoms with van der Waals surface area (Å²) in [4.78, 5) is 10.3. The van der Waals surface area contributed by atoms with Crippen LogP contribution in [0.2, 0.25) is 0 Å². The maximum Gasteiger partial charge on any atom is 0.191 e. The zero-order valence-electron chi connectivity index (χ0n) is 16.3. The maximum absolute atomic E-state index is 4.66. The Morgan fingerprint density at radius 2 is 1.96 bits per heavy atom. The number of nitrogens with zero attached hydrogens (tertiary/aromatic N) is 4. The Hall–Kier alpha value is -1.94. The molecule has 0 atom stereocenters. The lowest BCUT2D eigenvalue weighted by Crippen LogP contribution is -2.38. The molecule has 0 amide bonds. The Kier molecular flexibility index (Phi) is 9.42. The predicted octanol–water partition coefficient (Wildman–Crippen LogP) is 3.61. The molecule has 2 heterocycles. The summed E-state index contributed by atoms with van der Waals surface area (Å²) in [5.74, 6) is 0.821. The predicted molar refractivity (Wildman–Crippen MR) is 127 cm³/mol. The fourth-order valence-corrected chi connectivity index (χ4v) is 3.45. The Balaban J connectivity index is 0.00000280. The minimum absolute atomic E-state index is 0. The molecule has 8 heteroatoms. The number of aliphatic imine (C=N–C) groups is 1. The quantitative estimate of drug-likeness (QED) is 0.276. The van der Waals surface area contributed by atoms with Crippen LogP contribution in [-0.2, 0) is 19.5 Å². The molecule has 0 unspecified atom stereocenters. The second kappa shape index (κ2) is 11.8. The second-order valence-corrected chi connectivity index (χ2v) is 7.59. The number of aryl methyl sites for hydroxylation is 1. The van der Waals surface area contributed by atoms with Crippen LogP contribution in [0.1, 0.15) is 27.9 Å². The molecule has 0 aliphatic carbocycles. The monoisotopic (exact) mass is 510 g/mol. The van der Waals surface area contributed by atoms with E-state index in [1.165, 1.54) is 10.4 Å². The van der Waals surface area contributed by atoms with Crippen molar-refractivity contribution >= 4 is 41.3 Å². The molecule has 2 aromatic heterocycles. The average Bonchev–Trinajstić information content (AvgIpc) is 3.29. The number of hydrogen-bond donors (Lipinski definition) is 2. The van der Waals surface area contributed by atoms with Gasteiger partial charge in [0.05, 0.1) is 24.3 Å². The maximum atomic E-state index is 4.66. The van der Waals surface area contributed by atoms with Gasteiger partial charge in [0.25, 0.3) is 0 Å². The van der Waals surface area contributed by atoms with Gasteiger partial charge in [0.15, 0.2) is 5.96 Å². The first-order valence-electron chi connectivity index (χ1n) is 9.21. The molecule has 0 saturated heterocycles. The lowest BCUT2D eigenvalue weighted by Gasteiger charge is -2.10. The molecule has 1 aromatic carbocycles. The third kappa shape index (κ3) is 7.23. The van der Waals surface area contributed by atoms with Gasteiger partial charge in [-0.2, -0.15) is 5.10 Å². The smallest absolute Gasteiger partial charge is 0.191 e. The number of nitrogens with one attached hydrogen (secondary N) is 2. The van der Waals surface area contributed by atoms with Crippen molar-refractivity contribution in [2.45, 2.75) is 33.4 Å². The molecular weight excluding hydrogens is 483 g/mol. The van der Waals surface area contributed by atoms with Gasteiger partial charge in [0.2, 0.25) is 0 Å². The molecule has 3 rings (SSSR count). The van der Waals surface area contributed by atoms with Crippen molar-refractivity contribution in [2.75, 3.05) is 13.1 Å². The Morgan fingerprint density at radius 3 is 2.68 bits per heavy atom. The highest BCUT2D eigenvalue weighted by Gasteiger charge is 2.03. The van der Waals surface area contributed by atoms with Crippen molar-refractivity contribution in [3.05, 3.63) is 69.9 Å². The van der Waals surface area contributed by atoms with Crippen molar-refractivity contribution < 1.29 is 0 Å². The van der Waals surface area contributed by atoms with Crippen molar-refractivity contribution in [3.63, 3.8) is 0 Å². The van der Waals surface area contributed by atoms with Crippen molar-refractivity contribution in [3.8, 4) is 0 Å². The number of halogens is 1. The van der Waals surface area contributed by atoms with E-state index in [0.29, 0.717) is 6.54 Å². The summed E-state index contributed by atoms with van der Waals surface area (Å²) in [5.41, 5.74) is 2.33. The largest absolute Gasteiger partial charge is 0.357 e. The van der Waals surface area contributed by atoms with Crippen molar-refractivity contribution in [1.29, 1.82) is 0 Å². The summed E-state index contributed by atoms with van der Waals surface area (Å²) in [6, 6.07) is 10.3. The van der Waals surface area contributed by atoms with Gasteiger partial charge in [-0.15, -0.1) is 35.3 Å². The second-order valence-electron chi connectivity index (χ2n) is 6.27. The molecule has 0 aliphatic heterocycles. The van der Waals surface area contributed by atoms with E-state index in [1.54, 1.807) is 11.3 Å². The molecule has 2 N–H and O–H groups in total. The van der Waals surface area contributed by atoms with Gasteiger partial charge in [-0.1, -0.05) is 30.3 Å². The van der Waals surface area contributed by atoms with E-state index in [0.717, 1.165) is 42.6 Å². The zero-order valence-corrected chi connectivity index (χ0v) is 19.4. The number of guanidine groups is 1. The molecule has 150 valence electrons. The van der Waals surface area contributed by atoms with Crippen LogP contribution in [0.25, 0.3) is 0 Å². The standard InChI is InChI=1S/C20H26N6S.HI/c1-3-21-20(22-10-9-19-23-11-16(2)27-19)24-12-18-13-25-26(15-18)14-17-7-5-4-6-8-17;/h4-8,11,13,15H,3,9-10,12,14H2,1-2H3,(H2,21,22,24);1H. The molecule has 0 radical (unpaired) electrons. The highest BCUT2D eigenvalue weighted by molar-refractivity contribution is 14.0. The van der Waals surface area contributed by atoms with E-state index in [2.05, 4.69) is 57.9 Å². The SMILES string of the molecule is CCNC(=NCc1cnn(Cc2ccccc2)c1)NCCc1ncc(C)s1.I. The molecule has 0 bridgehead atoms. The highest BCUT2D eigenvalue weighted by atomic mass is 127. The number of thiazole rings is 1. The Labute approximate surface area is 187 Å². The average molecular weight is 510 g/mol. The molecule has 0 aliphatic rings. The lowest BCUT2D eigenvalue weighted by atomic mass is 10.2. The summed E-state index contributed by atoms with van der Waals surface area (Å²) in [5, 5.41) is 12.2. The normalized spacial score (nSPS) is 11.1. The third-order valence-electron chi connectivity index (χ3n) is 3.94. The van der Waals surface area contributed by atoms with Crippen LogP contribution in [0.5, 0.6) is 0 Å². The fraction of sp³-hybridized carbons (Fsp3) is 0.350. The number of aromatic nitrogens is 3. The topological polar surface area (TPSA) is 67.1 Å². The molecule has 6 nitrogen and oxygen atoms in total. The van der Waals surface area contributed by atoms with Crippen LogP contribution < -0.4 is 10.6 Å². The van der Waals surface area contributed by atoms with Crippen molar-refractivity contribution in [1.82, 2.24) is 25.4 Å². The van der Waals surface area contributed by atoms with Gasteiger partial charge < -0.3 is 10.6 Å². The number of benzene rings is 1. The van der Waals surface area contributed by atoms with Gasteiger partial charge >= 0.3 is 0 Å². The fourth-order valence-electron chi connectivity index (χ4n) is 2.66. The summed E-state index contributed by atoms with van der Waals surface area (Å²) < 4.78 is 1.95. The molecule has 0 spiro atoms. The first-order valence-corrected chi connectivity index (χ1v) is 10.0. The van der Waals surface area contributed by atoms with E-state index in [4.69, 9.17) is 0 Å². The van der Waals surface area contributed by atoms with Gasteiger partial charge in [0.1, 0.15) is 0 Å². The van der Waals surface area contributed by atoms with Crippen LogP contribution in [0.4, 0.5) is 0 Å². The van der Waals surface area contributed by atoms with Gasteiger partial charge in [-0.05, 0) is 19.4 Å². The van der Waals surface area contributed by atoms with E-state index >= 15 is 0 Å². The Morgan fingerprint density at radius 1 is 1.14 bits per heavy atom. The summed E-state index contributed by atoms with van der Waals surface area (Å²) >= 11 is 1.74. The third-order valence-corrected chi connectivity index (χ3v) is 4.91. The Bertz CT molecular complexity index is 858. The molecule has 28 heavy (non-hydrogen) atoms. The first kappa shape index (κ1) is 22.4. The van der Waals surface area contributed by atoms with Gasteiger partial charge in [-0.3, -0.25) is 4.68 Å². The van der Waals surface area contributed by atoms with E-state index in [1.807, 2.05) is 35.3 Å². The summed E-state index contributed by atoms with van der Waals surface area (Å²) in [7, 11) is 0. The molecule has 3 aromatic rings. The van der Waals surface area contributed by atoms with Crippen LogP contribution in [0.3, 0.4) is 0 Å². The minimum atomic E-state index is 0. The van der Waals surface area contributed by atoms with E-state index < -0.39 is 0 Å². The van der Waals surface area contributed by atoms with Crippen molar-refractivity contribution in [2.24, 2.45) is 4.99 Å². The van der Waals surface area contributed by atoms with Gasteiger partial charge in [-0.25, -0.2) is 9.98 Å². The minimum Gasteiger partial charge on any atom is -0.357 e. The number of hydrogen-bond acceptors (Lipinski definition) is 4. The highest BCUT2D eigenvalue weighted by Crippen LogP contribution is 2.11. The van der Waals surface area contributed by atoms with Crippen LogP contribution in [0, 0.1) is 6.92 Å². The number of rotatable bonds is 8.